The summed E-state index contributed by atoms with van der Waals surface area (Å²) >= 11 is 0. The van der Waals surface area contributed by atoms with Gasteiger partial charge in [0.15, 0.2) is 10.9 Å². The van der Waals surface area contributed by atoms with Gasteiger partial charge < -0.3 is 10.9 Å². The largest absolute Gasteiger partial charge is 0.409 e. The molecule has 0 saturated carbocycles. The van der Waals surface area contributed by atoms with Gasteiger partial charge in [0.2, 0.25) is 0 Å². The summed E-state index contributed by atoms with van der Waals surface area (Å²) in [5, 5.41) is 15.6. The molecule has 2 aromatic rings. The van der Waals surface area contributed by atoms with Gasteiger partial charge in [0, 0.05) is 7.05 Å². The van der Waals surface area contributed by atoms with Gasteiger partial charge in [-0.15, -0.1) is 0 Å². The normalized spacial score (nSPS) is 14.0. The molecule has 0 aliphatic rings. The Bertz CT molecular complexity index is 739. The maximum absolute atomic E-state index is 12.4. The van der Waals surface area contributed by atoms with Gasteiger partial charge in [0.05, 0.1) is 6.20 Å². The van der Waals surface area contributed by atoms with E-state index in [1.807, 2.05) is 0 Å². The fourth-order valence-corrected chi connectivity index (χ4v) is 3.17. The van der Waals surface area contributed by atoms with Gasteiger partial charge in [-0.1, -0.05) is 35.5 Å². The summed E-state index contributed by atoms with van der Waals surface area (Å²) in [5.41, 5.74) is 6.15. The Morgan fingerprint density at radius 3 is 2.57 bits per heavy atom. The van der Waals surface area contributed by atoms with Crippen LogP contribution in [0.25, 0.3) is 0 Å². The van der Waals surface area contributed by atoms with Gasteiger partial charge in [0.1, 0.15) is 6.04 Å². The second-order valence-electron chi connectivity index (χ2n) is 4.28. The lowest BCUT2D eigenvalue weighted by Crippen LogP contribution is -2.38. The zero-order valence-corrected chi connectivity index (χ0v) is 12.0. The van der Waals surface area contributed by atoms with E-state index >= 15 is 0 Å². The monoisotopic (exact) mass is 309 g/mol. The zero-order valence-electron chi connectivity index (χ0n) is 11.2. The van der Waals surface area contributed by atoms with E-state index in [2.05, 4.69) is 15.0 Å². The lowest BCUT2D eigenvalue weighted by Gasteiger charge is -2.17. The minimum absolute atomic E-state index is 0.0193. The van der Waals surface area contributed by atoms with Crippen LogP contribution in [0.5, 0.6) is 0 Å². The summed E-state index contributed by atoms with van der Waals surface area (Å²) < 4.78 is 28.3. The molecule has 1 atom stereocenters. The molecule has 0 bridgehead atoms. The highest BCUT2D eigenvalue weighted by atomic mass is 32.2. The topological polar surface area (TPSA) is 123 Å². The first-order chi connectivity index (χ1) is 9.95. The summed E-state index contributed by atoms with van der Waals surface area (Å²) in [5.74, 6) is -0.257. The van der Waals surface area contributed by atoms with Crippen LogP contribution in [0.1, 0.15) is 11.6 Å². The van der Waals surface area contributed by atoms with Gasteiger partial charge in [-0.3, -0.25) is 4.68 Å². The van der Waals surface area contributed by atoms with Crippen LogP contribution in [0.3, 0.4) is 0 Å². The van der Waals surface area contributed by atoms with Crippen molar-refractivity contribution in [1.29, 1.82) is 0 Å². The summed E-state index contributed by atoms with van der Waals surface area (Å²) in [6.07, 6.45) is 1.37. The number of sulfonamides is 1. The molecule has 0 radical (unpaired) electrons. The van der Waals surface area contributed by atoms with Crippen molar-refractivity contribution in [1.82, 2.24) is 14.5 Å². The summed E-state index contributed by atoms with van der Waals surface area (Å²) in [4.78, 5) is 0. The number of nitrogens with one attached hydrogen (secondary N) is 1. The number of hydrogen-bond acceptors (Lipinski definition) is 5. The van der Waals surface area contributed by atoms with Crippen molar-refractivity contribution in [3.63, 3.8) is 0 Å². The number of aryl methyl sites for hydroxylation is 1. The Hall–Kier alpha value is -2.39. The predicted octanol–water partition coefficient (Wildman–Crippen LogP) is 0.186. The van der Waals surface area contributed by atoms with Crippen LogP contribution in [0.15, 0.2) is 52.8 Å². The van der Waals surface area contributed by atoms with E-state index in [1.165, 1.54) is 24.0 Å². The highest BCUT2D eigenvalue weighted by molar-refractivity contribution is 7.89. The fraction of sp³-hybridized carbons (Fsp3) is 0.167. The Kier molecular flexibility index (Phi) is 4.24. The lowest BCUT2D eigenvalue weighted by molar-refractivity contribution is 0.315. The Balaban J connectivity index is 2.39. The summed E-state index contributed by atoms with van der Waals surface area (Å²) in [6, 6.07) is 8.97. The molecule has 21 heavy (non-hydrogen) atoms. The number of rotatable bonds is 5. The molecule has 2 rings (SSSR count). The number of aromatic nitrogens is 2. The molecule has 0 aliphatic carbocycles. The highest BCUT2D eigenvalue weighted by Gasteiger charge is 2.26. The lowest BCUT2D eigenvalue weighted by atomic mass is 10.1. The molecule has 1 aromatic carbocycles. The number of hydrogen-bond donors (Lipinski definition) is 3. The van der Waals surface area contributed by atoms with E-state index in [1.54, 1.807) is 30.3 Å². The molecule has 0 amide bonds. The van der Waals surface area contributed by atoms with Crippen LogP contribution >= 0.6 is 0 Å². The molecule has 1 unspecified atom stereocenters. The van der Waals surface area contributed by atoms with Crippen molar-refractivity contribution in [2.24, 2.45) is 17.9 Å². The minimum Gasteiger partial charge on any atom is -0.409 e. The van der Waals surface area contributed by atoms with E-state index < -0.39 is 16.1 Å². The quantitative estimate of drug-likeness (QED) is 0.315. The van der Waals surface area contributed by atoms with E-state index in [0.717, 1.165) is 0 Å². The maximum atomic E-state index is 12.4. The predicted molar refractivity (Wildman–Crippen MR) is 76.1 cm³/mol. The molecule has 0 aliphatic heterocycles. The van der Waals surface area contributed by atoms with Gasteiger partial charge in [-0.25, -0.2) is 8.42 Å². The van der Waals surface area contributed by atoms with Crippen LogP contribution in [-0.4, -0.2) is 29.2 Å². The van der Waals surface area contributed by atoms with Crippen molar-refractivity contribution in [3.05, 3.63) is 48.2 Å². The van der Waals surface area contributed by atoms with E-state index in [0.29, 0.717) is 5.56 Å². The smallest absolute Gasteiger partial charge is 0.258 e. The van der Waals surface area contributed by atoms with E-state index in [4.69, 9.17) is 10.9 Å². The van der Waals surface area contributed by atoms with E-state index in [9.17, 15) is 8.42 Å². The first-order valence-corrected chi connectivity index (χ1v) is 7.46. The van der Waals surface area contributed by atoms with Crippen molar-refractivity contribution in [2.75, 3.05) is 0 Å². The van der Waals surface area contributed by atoms with Crippen LogP contribution in [0, 0.1) is 0 Å². The molecule has 8 nitrogen and oxygen atoms in total. The average Bonchev–Trinajstić information content (AvgIpc) is 2.92. The Morgan fingerprint density at radius 2 is 2.05 bits per heavy atom. The van der Waals surface area contributed by atoms with Gasteiger partial charge in [-0.05, 0) is 11.6 Å². The fourth-order valence-electron chi connectivity index (χ4n) is 1.84. The number of oxime groups is 1. The zero-order chi connectivity index (χ0) is 15.5. The standard InChI is InChI=1S/C12H15N5O3S/c1-17-10(7-8-14-17)21(19,20)16-11(12(13)15-18)9-5-3-2-4-6-9/h2-8,11,16,18H,1H3,(H2,13,15). The third-order valence-corrected chi connectivity index (χ3v) is 4.37. The number of benzene rings is 1. The first kappa shape index (κ1) is 15.0. The number of nitrogens with zero attached hydrogens (tertiary/aromatic N) is 3. The molecule has 0 saturated heterocycles. The molecule has 4 N–H and O–H groups in total. The summed E-state index contributed by atoms with van der Waals surface area (Å²) in [7, 11) is -2.36. The van der Waals surface area contributed by atoms with Crippen LogP contribution in [0.4, 0.5) is 0 Å². The van der Waals surface area contributed by atoms with Gasteiger partial charge in [-0.2, -0.15) is 9.82 Å². The Labute approximate surface area is 121 Å². The summed E-state index contributed by atoms with van der Waals surface area (Å²) in [6.45, 7) is 0. The SMILES string of the molecule is Cn1nccc1S(=O)(=O)NC(/C(N)=N/O)c1ccccc1. The molecular weight excluding hydrogens is 294 g/mol. The molecule has 1 heterocycles. The number of nitrogens with two attached hydrogens (primary N) is 1. The second-order valence-corrected chi connectivity index (χ2v) is 5.94. The Morgan fingerprint density at radius 1 is 1.38 bits per heavy atom. The van der Waals surface area contributed by atoms with Gasteiger partial charge in [0.25, 0.3) is 10.0 Å². The van der Waals surface area contributed by atoms with Crippen molar-refractivity contribution in [2.45, 2.75) is 11.1 Å². The van der Waals surface area contributed by atoms with Crippen LogP contribution in [0.2, 0.25) is 0 Å². The first-order valence-electron chi connectivity index (χ1n) is 5.98. The van der Waals surface area contributed by atoms with Crippen molar-refractivity contribution in [3.8, 4) is 0 Å². The van der Waals surface area contributed by atoms with Crippen LogP contribution < -0.4 is 10.5 Å². The molecule has 9 heteroatoms. The highest BCUT2D eigenvalue weighted by Crippen LogP contribution is 2.17. The molecule has 0 fully saturated rings. The van der Waals surface area contributed by atoms with E-state index in [-0.39, 0.29) is 10.9 Å². The molecular formula is C12H15N5O3S. The minimum atomic E-state index is -3.87. The maximum Gasteiger partial charge on any atom is 0.258 e. The third-order valence-electron chi connectivity index (χ3n) is 2.87. The van der Waals surface area contributed by atoms with Crippen molar-refractivity contribution >= 4 is 15.9 Å². The van der Waals surface area contributed by atoms with Gasteiger partial charge >= 0.3 is 0 Å². The number of amidine groups is 1. The van der Waals surface area contributed by atoms with Crippen LogP contribution in [-0.2, 0) is 17.1 Å². The molecule has 1 aromatic heterocycles. The van der Waals surface area contributed by atoms with Crippen molar-refractivity contribution < 1.29 is 13.6 Å². The average molecular weight is 309 g/mol. The third kappa shape index (κ3) is 3.20. The molecule has 0 spiro atoms. The second kappa shape index (κ2) is 5.94. The molecule has 112 valence electrons.